The summed E-state index contributed by atoms with van der Waals surface area (Å²) in [6, 6.07) is 7.43. The van der Waals surface area contributed by atoms with Gasteiger partial charge in [-0.1, -0.05) is 12.1 Å². The maximum atomic E-state index is 12.9. The van der Waals surface area contributed by atoms with Crippen molar-refractivity contribution < 1.29 is 19.1 Å². The fraction of sp³-hybridized carbons (Fsp3) is 0.579. The lowest BCUT2D eigenvalue weighted by molar-refractivity contribution is -0.140. The fourth-order valence-electron chi connectivity index (χ4n) is 3.84. The van der Waals surface area contributed by atoms with Gasteiger partial charge in [0.2, 0.25) is 0 Å². The molecule has 2 amide bonds. The van der Waals surface area contributed by atoms with Gasteiger partial charge < -0.3 is 19.3 Å². The van der Waals surface area contributed by atoms with Crippen LogP contribution in [0.4, 0.5) is 5.69 Å². The van der Waals surface area contributed by atoms with Crippen LogP contribution in [-0.4, -0.2) is 55.2 Å². The zero-order valence-corrected chi connectivity index (χ0v) is 14.4. The second-order valence-corrected chi connectivity index (χ2v) is 6.91. The Labute approximate surface area is 147 Å². The van der Waals surface area contributed by atoms with Crippen LogP contribution in [0.3, 0.4) is 0 Å². The van der Waals surface area contributed by atoms with Crippen molar-refractivity contribution in [2.75, 3.05) is 31.1 Å². The van der Waals surface area contributed by atoms with E-state index >= 15 is 0 Å². The third-order valence-electron chi connectivity index (χ3n) is 5.19. The maximum Gasteiger partial charge on any atom is 0.265 e. The van der Waals surface area contributed by atoms with E-state index in [2.05, 4.69) is 0 Å². The van der Waals surface area contributed by atoms with Gasteiger partial charge in [0, 0.05) is 19.7 Å². The summed E-state index contributed by atoms with van der Waals surface area (Å²) in [7, 11) is 0. The van der Waals surface area contributed by atoms with Crippen molar-refractivity contribution in [2.24, 2.45) is 0 Å². The van der Waals surface area contributed by atoms with Crippen molar-refractivity contribution in [1.29, 1.82) is 0 Å². The van der Waals surface area contributed by atoms with Crippen molar-refractivity contribution >= 4 is 17.5 Å². The average Bonchev–Trinajstić information content (AvgIpc) is 3.21. The van der Waals surface area contributed by atoms with Gasteiger partial charge in [0.25, 0.3) is 11.8 Å². The summed E-state index contributed by atoms with van der Waals surface area (Å²) in [4.78, 5) is 29.4. The molecule has 1 aromatic rings. The Morgan fingerprint density at radius 1 is 0.960 bits per heavy atom. The number of anilines is 1. The Balaban J connectivity index is 1.57. The number of nitrogens with zero attached hydrogens (tertiary/aromatic N) is 2. The first-order valence-corrected chi connectivity index (χ1v) is 9.21. The zero-order valence-electron chi connectivity index (χ0n) is 14.4. The van der Waals surface area contributed by atoms with Gasteiger partial charge >= 0.3 is 0 Å². The molecule has 0 spiro atoms. The molecule has 2 unspecified atom stereocenters. The third kappa shape index (κ3) is 3.23. The first-order valence-electron chi connectivity index (χ1n) is 9.21. The SMILES string of the molecule is O=C(C1CN(C(=O)C2CCCO2)c2ccccc2O1)N1CCCCC1. The highest BCUT2D eigenvalue weighted by Gasteiger charge is 2.39. The van der Waals surface area contributed by atoms with Crippen molar-refractivity contribution in [3.8, 4) is 5.75 Å². The molecule has 0 aliphatic carbocycles. The maximum absolute atomic E-state index is 12.9. The third-order valence-corrected chi connectivity index (χ3v) is 5.19. The Kier molecular flexibility index (Phi) is 4.61. The molecule has 4 rings (SSSR count). The highest BCUT2D eigenvalue weighted by Crippen LogP contribution is 2.35. The van der Waals surface area contributed by atoms with Gasteiger partial charge in [0.05, 0.1) is 12.2 Å². The molecule has 2 saturated heterocycles. The molecular formula is C19H24N2O4. The Bertz CT molecular complexity index is 651. The molecule has 2 fully saturated rings. The molecule has 0 aromatic heterocycles. The molecule has 6 heteroatoms. The fourth-order valence-corrected chi connectivity index (χ4v) is 3.84. The van der Waals surface area contributed by atoms with E-state index in [1.807, 2.05) is 29.2 Å². The van der Waals surface area contributed by atoms with Crippen molar-refractivity contribution in [2.45, 2.75) is 44.3 Å². The van der Waals surface area contributed by atoms with E-state index in [1.165, 1.54) is 6.42 Å². The lowest BCUT2D eigenvalue weighted by atomic mass is 10.1. The quantitative estimate of drug-likeness (QED) is 0.823. The molecule has 3 heterocycles. The summed E-state index contributed by atoms with van der Waals surface area (Å²) in [5, 5.41) is 0. The average molecular weight is 344 g/mol. The number of rotatable bonds is 2. The first kappa shape index (κ1) is 16.4. The smallest absolute Gasteiger partial charge is 0.265 e. The second-order valence-electron chi connectivity index (χ2n) is 6.91. The number of piperidine rings is 1. The lowest BCUT2D eigenvalue weighted by Crippen LogP contribution is -2.54. The predicted molar refractivity (Wildman–Crippen MR) is 92.6 cm³/mol. The van der Waals surface area contributed by atoms with E-state index in [0.717, 1.165) is 44.5 Å². The lowest BCUT2D eigenvalue weighted by Gasteiger charge is -2.38. The van der Waals surface area contributed by atoms with E-state index in [4.69, 9.17) is 9.47 Å². The number of hydrogen-bond acceptors (Lipinski definition) is 4. The second kappa shape index (κ2) is 7.04. The summed E-state index contributed by atoms with van der Waals surface area (Å²) in [6.45, 7) is 2.43. The molecule has 3 aliphatic rings. The Morgan fingerprint density at radius 3 is 2.52 bits per heavy atom. The van der Waals surface area contributed by atoms with E-state index in [1.54, 1.807) is 4.90 Å². The van der Waals surface area contributed by atoms with Crippen LogP contribution < -0.4 is 9.64 Å². The number of fused-ring (bicyclic) bond motifs is 1. The molecule has 0 N–H and O–H groups in total. The van der Waals surface area contributed by atoms with E-state index in [0.29, 0.717) is 12.4 Å². The number of para-hydroxylation sites is 2. The molecule has 134 valence electrons. The Hall–Kier alpha value is -2.08. The number of hydrogen-bond donors (Lipinski definition) is 0. The Morgan fingerprint density at radius 2 is 1.76 bits per heavy atom. The minimum absolute atomic E-state index is 0.0145. The van der Waals surface area contributed by atoms with Crippen LogP contribution in [0.15, 0.2) is 24.3 Å². The zero-order chi connectivity index (χ0) is 17.2. The molecule has 0 bridgehead atoms. The molecule has 1 aromatic carbocycles. The molecule has 3 aliphatic heterocycles. The van der Waals surface area contributed by atoms with E-state index in [9.17, 15) is 9.59 Å². The molecule has 0 saturated carbocycles. The van der Waals surface area contributed by atoms with E-state index in [-0.39, 0.29) is 18.4 Å². The molecular weight excluding hydrogens is 320 g/mol. The number of likely N-dealkylation sites (tertiary alicyclic amines) is 1. The highest BCUT2D eigenvalue weighted by atomic mass is 16.5. The van der Waals surface area contributed by atoms with Gasteiger partial charge in [0.1, 0.15) is 11.9 Å². The highest BCUT2D eigenvalue weighted by molar-refractivity contribution is 5.99. The molecule has 0 radical (unpaired) electrons. The van der Waals surface area contributed by atoms with Gasteiger partial charge in [-0.05, 0) is 44.2 Å². The minimum atomic E-state index is -0.640. The van der Waals surface area contributed by atoms with Crippen LogP contribution in [0.2, 0.25) is 0 Å². The van der Waals surface area contributed by atoms with Gasteiger partial charge in [-0.25, -0.2) is 0 Å². The van der Waals surface area contributed by atoms with Gasteiger partial charge in [0.15, 0.2) is 6.10 Å². The summed E-state index contributed by atoms with van der Waals surface area (Å²) in [5.41, 5.74) is 0.727. The first-order chi connectivity index (χ1) is 12.2. The standard InChI is InChI=1S/C19H24N2O4/c22-18(20-10-4-1-5-11-20)17-13-21(19(23)16-9-6-12-24-16)14-7-2-3-8-15(14)25-17/h2-3,7-8,16-17H,1,4-6,9-13H2. The molecule has 25 heavy (non-hydrogen) atoms. The van der Waals surface area contributed by atoms with E-state index < -0.39 is 12.2 Å². The monoisotopic (exact) mass is 344 g/mol. The molecule has 2 atom stereocenters. The number of amides is 2. The summed E-state index contributed by atoms with van der Waals surface area (Å²) in [5.74, 6) is 0.513. The van der Waals surface area contributed by atoms with Gasteiger partial charge in [-0.3, -0.25) is 9.59 Å². The van der Waals surface area contributed by atoms with Gasteiger partial charge in [-0.15, -0.1) is 0 Å². The van der Waals surface area contributed by atoms with Crippen LogP contribution in [-0.2, 0) is 14.3 Å². The van der Waals surface area contributed by atoms with Crippen molar-refractivity contribution in [1.82, 2.24) is 4.90 Å². The molecule has 6 nitrogen and oxygen atoms in total. The summed E-state index contributed by atoms with van der Waals surface area (Å²) < 4.78 is 11.5. The van der Waals surface area contributed by atoms with Crippen LogP contribution in [0.25, 0.3) is 0 Å². The summed E-state index contributed by atoms with van der Waals surface area (Å²) >= 11 is 0. The predicted octanol–water partition coefficient (Wildman–Crippen LogP) is 1.97. The number of carbonyl (C=O) groups is 2. The largest absolute Gasteiger partial charge is 0.476 e. The van der Waals surface area contributed by atoms with Crippen molar-refractivity contribution in [3.05, 3.63) is 24.3 Å². The normalized spacial score (nSPS) is 26.1. The van der Waals surface area contributed by atoms with Gasteiger partial charge in [-0.2, -0.15) is 0 Å². The van der Waals surface area contributed by atoms with Crippen LogP contribution >= 0.6 is 0 Å². The number of benzene rings is 1. The van der Waals surface area contributed by atoms with Crippen LogP contribution in [0.1, 0.15) is 32.1 Å². The minimum Gasteiger partial charge on any atom is -0.476 e. The van der Waals surface area contributed by atoms with Crippen molar-refractivity contribution in [3.63, 3.8) is 0 Å². The number of carbonyl (C=O) groups excluding carboxylic acids is 2. The summed E-state index contributed by atoms with van der Waals surface area (Å²) in [6.07, 6.45) is 3.83. The van der Waals surface area contributed by atoms with Crippen LogP contribution in [0, 0.1) is 0 Å². The topological polar surface area (TPSA) is 59.1 Å². The number of ether oxygens (including phenoxy) is 2. The van der Waals surface area contributed by atoms with Crippen LogP contribution in [0.5, 0.6) is 5.75 Å².